The van der Waals surface area contributed by atoms with Crippen LogP contribution in [0.1, 0.15) is 36.2 Å². The summed E-state index contributed by atoms with van der Waals surface area (Å²) in [6, 6.07) is 11.1. The predicted octanol–water partition coefficient (Wildman–Crippen LogP) is 4.12. The van der Waals surface area contributed by atoms with Gasteiger partial charge in [0.25, 0.3) is 5.91 Å². The SMILES string of the molecule is CC(C)CCNC(=O)c1ccnc(NCc2ccc(Cl)cc2)c1. The summed E-state index contributed by atoms with van der Waals surface area (Å²) in [5.41, 5.74) is 1.71. The molecule has 2 rings (SSSR count). The van der Waals surface area contributed by atoms with Crippen LogP contribution in [0.15, 0.2) is 42.6 Å². The molecule has 0 saturated heterocycles. The van der Waals surface area contributed by atoms with Crippen molar-refractivity contribution in [2.45, 2.75) is 26.8 Å². The predicted molar refractivity (Wildman–Crippen MR) is 94.8 cm³/mol. The second-order valence-corrected chi connectivity index (χ2v) is 6.28. The Morgan fingerprint density at radius 1 is 1.22 bits per heavy atom. The van der Waals surface area contributed by atoms with Crippen LogP contribution in [0.2, 0.25) is 5.02 Å². The maximum absolute atomic E-state index is 12.1. The lowest BCUT2D eigenvalue weighted by atomic mass is 10.1. The molecule has 0 unspecified atom stereocenters. The van der Waals surface area contributed by atoms with Gasteiger partial charge in [0.05, 0.1) is 0 Å². The number of carbonyl (C=O) groups excluding carboxylic acids is 1. The number of rotatable bonds is 7. The maximum Gasteiger partial charge on any atom is 0.251 e. The van der Waals surface area contributed by atoms with Crippen LogP contribution in [-0.4, -0.2) is 17.4 Å². The van der Waals surface area contributed by atoms with E-state index >= 15 is 0 Å². The van der Waals surface area contributed by atoms with Crippen molar-refractivity contribution in [3.8, 4) is 0 Å². The van der Waals surface area contributed by atoms with Crippen LogP contribution in [0.3, 0.4) is 0 Å². The van der Waals surface area contributed by atoms with E-state index < -0.39 is 0 Å². The summed E-state index contributed by atoms with van der Waals surface area (Å²) >= 11 is 5.87. The van der Waals surface area contributed by atoms with Gasteiger partial charge in [-0.05, 0) is 42.2 Å². The quantitative estimate of drug-likeness (QED) is 0.802. The molecule has 2 N–H and O–H groups in total. The van der Waals surface area contributed by atoms with Crippen molar-refractivity contribution in [3.05, 3.63) is 58.7 Å². The van der Waals surface area contributed by atoms with Crippen molar-refractivity contribution < 1.29 is 4.79 Å². The average molecular weight is 332 g/mol. The number of amides is 1. The van der Waals surface area contributed by atoms with Crippen molar-refractivity contribution in [2.24, 2.45) is 5.92 Å². The number of carbonyl (C=O) groups is 1. The van der Waals surface area contributed by atoms with E-state index in [1.165, 1.54) is 0 Å². The van der Waals surface area contributed by atoms with E-state index in [-0.39, 0.29) is 5.91 Å². The van der Waals surface area contributed by atoms with Gasteiger partial charge in [-0.3, -0.25) is 4.79 Å². The van der Waals surface area contributed by atoms with Crippen molar-refractivity contribution in [3.63, 3.8) is 0 Å². The lowest BCUT2D eigenvalue weighted by molar-refractivity contribution is 0.0952. The largest absolute Gasteiger partial charge is 0.366 e. The zero-order chi connectivity index (χ0) is 16.7. The normalized spacial score (nSPS) is 10.6. The van der Waals surface area contributed by atoms with E-state index in [1.54, 1.807) is 18.3 Å². The number of anilines is 1. The van der Waals surface area contributed by atoms with Crippen LogP contribution in [0.25, 0.3) is 0 Å². The summed E-state index contributed by atoms with van der Waals surface area (Å²) in [7, 11) is 0. The van der Waals surface area contributed by atoms with E-state index in [0.29, 0.717) is 35.4 Å². The molecule has 1 amide bonds. The van der Waals surface area contributed by atoms with E-state index in [2.05, 4.69) is 29.5 Å². The fraction of sp³-hybridized carbons (Fsp3) is 0.333. The zero-order valence-corrected chi connectivity index (χ0v) is 14.2. The standard InChI is InChI=1S/C18H22ClN3O/c1-13(2)7-9-21-18(23)15-8-10-20-17(11-15)22-12-14-3-5-16(19)6-4-14/h3-6,8,10-11,13H,7,9,12H2,1-2H3,(H,20,22)(H,21,23). The Morgan fingerprint density at radius 3 is 2.65 bits per heavy atom. The number of nitrogens with zero attached hydrogens (tertiary/aromatic N) is 1. The molecule has 0 aliphatic heterocycles. The molecule has 0 aliphatic carbocycles. The van der Waals surface area contributed by atoms with Crippen molar-refractivity contribution in [1.29, 1.82) is 0 Å². The fourth-order valence-electron chi connectivity index (χ4n) is 2.04. The third-order valence-corrected chi connectivity index (χ3v) is 3.67. The Morgan fingerprint density at radius 2 is 1.96 bits per heavy atom. The highest BCUT2D eigenvalue weighted by Gasteiger charge is 2.07. The zero-order valence-electron chi connectivity index (χ0n) is 13.5. The molecule has 5 heteroatoms. The third kappa shape index (κ3) is 5.91. The topological polar surface area (TPSA) is 54.0 Å². The van der Waals surface area contributed by atoms with Crippen molar-refractivity contribution in [1.82, 2.24) is 10.3 Å². The van der Waals surface area contributed by atoms with Crippen LogP contribution >= 0.6 is 11.6 Å². The summed E-state index contributed by atoms with van der Waals surface area (Å²) in [5, 5.41) is 6.86. The van der Waals surface area contributed by atoms with Crippen molar-refractivity contribution >= 4 is 23.3 Å². The van der Waals surface area contributed by atoms with Gasteiger partial charge in [0.1, 0.15) is 5.82 Å². The van der Waals surface area contributed by atoms with Gasteiger partial charge in [-0.1, -0.05) is 37.6 Å². The Kier molecular flexibility index (Phi) is 6.41. The molecule has 0 bridgehead atoms. The van der Waals surface area contributed by atoms with Gasteiger partial charge >= 0.3 is 0 Å². The molecule has 1 aromatic heterocycles. The number of nitrogens with one attached hydrogen (secondary N) is 2. The van der Waals surface area contributed by atoms with Crippen molar-refractivity contribution in [2.75, 3.05) is 11.9 Å². The number of hydrogen-bond donors (Lipinski definition) is 2. The molecule has 0 fully saturated rings. The first-order chi connectivity index (χ1) is 11.0. The molecule has 0 saturated carbocycles. The maximum atomic E-state index is 12.1. The summed E-state index contributed by atoms with van der Waals surface area (Å²) in [4.78, 5) is 16.4. The summed E-state index contributed by atoms with van der Waals surface area (Å²) in [5.74, 6) is 1.18. The third-order valence-electron chi connectivity index (χ3n) is 3.42. The minimum absolute atomic E-state index is 0.0670. The number of halogens is 1. The minimum atomic E-state index is -0.0670. The first-order valence-corrected chi connectivity index (χ1v) is 8.15. The summed E-state index contributed by atoms with van der Waals surface area (Å²) in [6.07, 6.45) is 2.61. The van der Waals surface area contributed by atoms with Gasteiger partial charge in [0, 0.05) is 29.9 Å². The smallest absolute Gasteiger partial charge is 0.251 e. The molecule has 0 spiro atoms. The Labute approximate surface area is 142 Å². The first kappa shape index (κ1) is 17.3. The van der Waals surface area contributed by atoms with Crippen LogP contribution in [0.4, 0.5) is 5.82 Å². The number of pyridine rings is 1. The lowest BCUT2D eigenvalue weighted by Gasteiger charge is -2.09. The van der Waals surface area contributed by atoms with Gasteiger partial charge in [0.2, 0.25) is 0 Å². The Hall–Kier alpha value is -2.07. The lowest BCUT2D eigenvalue weighted by Crippen LogP contribution is -2.25. The van der Waals surface area contributed by atoms with Crippen LogP contribution in [0.5, 0.6) is 0 Å². The van der Waals surface area contributed by atoms with Gasteiger partial charge in [-0.25, -0.2) is 4.98 Å². The highest BCUT2D eigenvalue weighted by molar-refractivity contribution is 6.30. The van der Waals surface area contributed by atoms with Gasteiger partial charge in [-0.15, -0.1) is 0 Å². The average Bonchev–Trinajstić information content (AvgIpc) is 2.54. The fourth-order valence-corrected chi connectivity index (χ4v) is 2.17. The van der Waals surface area contributed by atoms with Crippen LogP contribution < -0.4 is 10.6 Å². The molecule has 1 aromatic carbocycles. The van der Waals surface area contributed by atoms with Gasteiger partial charge in [0.15, 0.2) is 0 Å². The molecule has 0 atom stereocenters. The first-order valence-electron chi connectivity index (χ1n) is 7.77. The summed E-state index contributed by atoms with van der Waals surface area (Å²) in [6.45, 7) is 5.59. The van der Waals surface area contributed by atoms with Gasteiger partial charge in [-0.2, -0.15) is 0 Å². The number of aromatic nitrogens is 1. The molecule has 2 aromatic rings. The van der Waals surface area contributed by atoms with E-state index in [4.69, 9.17) is 11.6 Å². The van der Waals surface area contributed by atoms with E-state index in [0.717, 1.165) is 12.0 Å². The monoisotopic (exact) mass is 331 g/mol. The molecule has 4 nitrogen and oxygen atoms in total. The second kappa shape index (κ2) is 8.53. The Bertz CT molecular complexity index is 641. The molecule has 0 radical (unpaired) electrons. The molecule has 0 aliphatic rings. The van der Waals surface area contributed by atoms with E-state index in [9.17, 15) is 4.79 Å². The minimum Gasteiger partial charge on any atom is -0.366 e. The molecular formula is C18H22ClN3O. The Balaban J connectivity index is 1.91. The molecule has 122 valence electrons. The molecule has 23 heavy (non-hydrogen) atoms. The highest BCUT2D eigenvalue weighted by Crippen LogP contribution is 2.12. The summed E-state index contributed by atoms with van der Waals surface area (Å²) < 4.78 is 0. The number of benzene rings is 1. The highest BCUT2D eigenvalue weighted by atomic mass is 35.5. The van der Waals surface area contributed by atoms with Gasteiger partial charge < -0.3 is 10.6 Å². The number of hydrogen-bond acceptors (Lipinski definition) is 3. The van der Waals surface area contributed by atoms with Crippen LogP contribution in [0, 0.1) is 5.92 Å². The molecule has 1 heterocycles. The van der Waals surface area contributed by atoms with E-state index in [1.807, 2.05) is 24.3 Å². The van der Waals surface area contributed by atoms with Crippen LogP contribution in [-0.2, 0) is 6.54 Å². The second-order valence-electron chi connectivity index (χ2n) is 5.85. The molecular weight excluding hydrogens is 310 g/mol.